The molecule has 128 valence electrons. The highest BCUT2D eigenvalue weighted by atomic mass is 16.5. The topological polar surface area (TPSA) is 36.9 Å². The number of guanidine groups is 1. The van der Waals surface area contributed by atoms with Gasteiger partial charge < -0.3 is 15.0 Å². The quantitative estimate of drug-likeness (QED) is 0.476. The highest BCUT2D eigenvalue weighted by Gasteiger charge is 2.17. The number of rotatable bonds is 7. The zero-order valence-electron chi connectivity index (χ0n) is 14.6. The SMILES string of the molecule is CN=C(NCCCCOCc1ccccc1)N1CCC(C)CC1. The Bertz CT molecular complexity index is 453. The monoisotopic (exact) mass is 317 g/mol. The minimum atomic E-state index is 0.710. The Kier molecular flexibility index (Phi) is 7.95. The minimum Gasteiger partial charge on any atom is -0.377 e. The van der Waals surface area contributed by atoms with E-state index in [2.05, 4.69) is 46.4 Å². The van der Waals surface area contributed by atoms with Crippen LogP contribution in [0.1, 0.15) is 38.2 Å². The molecule has 0 bridgehead atoms. The average Bonchev–Trinajstić information content (AvgIpc) is 2.59. The van der Waals surface area contributed by atoms with E-state index in [-0.39, 0.29) is 0 Å². The maximum atomic E-state index is 5.71. The molecule has 1 fully saturated rings. The first-order chi connectivity index (χ1) is 11.3. The number of aliphatic imine (C=N–C) groups is 1. The molecule has 0 radical (unpaired) electrons. The van der Waals surface area contributed by atoms with Crippen LogP contribution in [-0.2, 0) is 11.3 Å². The highest BCUT2D eigenvalue weighted by Crippen LogP contribution is 2.15. The van der Waals surface area contributed by atoms with Gasteiger partial charge in [-0.15, -0.1) is 0 Å². The Hall–Kier alpha value is -1.55. The lowest BCUT2D eigenvalue weighted by Gasteiger charge is -2.32. The van der Waals surface area contributed by atoms with Crippen molar-refractivity contribution in [3.05, 3.63) is 35.9 Å². The van der Waals surface area contributed by atoms with Gasteiger partial charge in [-0.25, -0.2) is 0 Å². The molecule has 0 saturated carbocycles. The molecule has 1 saturated heterocycles. The van der Waals surface area contributed by atoms with Gasteiger partial charge in [0, 0.05) is 33.3 Å². The predicted molar refractivity (Wildman–Crippen MR) is 96.7 cm³/mol. The fourth-order valence-corrected chi connectivity index (χ4v) is 2.85. The fraction of sp³-hybridized carbons (Fsp3) is 0.632. The van der Waals surface area contributed by atoms with E-state index in [0.717, 1.165) is 51.0 Å². The van der Waals surface area contributed by atoms with E-state index in [0.29, 0.717) is 6.61 Å². The molecule has 1 N–H and O–H groups in total. The number of unbranched alkanes of at least 4 members (excludes halogenated alkanes) is 1. The Morgan fingerprint density at radius 2 is 1.96 bits per heavy atom. The molecule has 2 rings (SSSR count). The van der Waals surface area contributed by atoms with Crippen molar-refractivity contribution in [2.24, 2.45) is 10.9 Å². The number of likely N-dealkylation sites (tertiary alicyclic amines) is 1. The van der Waals surface area contributed by atoms with Crippen molar-refractivity contribution in [1.82, 2.24) is 10.2 Å². The highest BCUT2D eigenvalue weighted by molar-refractivity contribution is 5.79. The summed E-state index contributed by atoms with van der Waals surface area (Å²) in [5, 5.41) is 3.48. The predicted octanol–water partition coefficient (Wildman–Crippen LogP) is 3.29. The second-order valence-corrected chi connectivity index (χ2v) is 6.39. The lowest BCUT2D eigenvalue weighted by molar-refractivity contribution is 0.117. The third-order valence-corrected chi connectivity index (χ3v) is 4.41. The molecule has 1 aliphatic rings. The van der Waals surface area contributed by atoms with E-state index in [1.807, 2.05) is 13.1 Å². The van der Waals surface area contributed by atoms with Crippen LogP contribution in [0.15, 0.2) is 35.3 Å². The molecule has 1 aliphatic heterocycles. The number of hydrogen-bond acceptors (Lipinski definition) is 2. The lowest BCUT2D eigenvalue weighted by Crippen LogP contribution is -2.45. The molecule has 4 heteroatoms. The first kappa shape index (κ1) is 17.8. The minimum absolute atomic E-state index is 0.710. The molecular weight excluding hydrogens is 286 g/mol. The van der Waals surface area contributed by atoms with Crippen LogP contribution in [0.5, 0.6) is 0 Å². The summed E-state index contributed by atoms with van der Waals surface area (Å²) in [7, 11) is 1.88. The number of nitrogens with one attached hydrogen (secondary N) is 1. The molecule has 23 heavy (non-hydrogen) atoms. The van der Waals surface area contributed by atoms with Crippen LogP contribution in [0, 0.1) is 5.92 Å². The summed E-state index contributed by atoms with van der Waals surface area (Å²) < 4.78 is 5.71. The smallest absolute Gasteiger partial charge is 0.193 e. The summed E-state index contributed by atoms with van der Waals surface area (Å²) in [5.41, 5.74) is 1.24. The van der Waals surface area contributed by atoms with Crippen LogP contribution in [0.2, 0.25) is 0 Å². The van der Waals surface area contributed by atoms with Crippen molar-refractivity contribution in [2.45, 2.75) is 39.2 Å². The van der Waals surface area contributed by atoms with Crippen LogP contribution >= 0.6 is 0 Å². The average molecular weight is 317 g/mol. The molecule has 1 aromatic carbocycles. The number of benzene rings is 1. The first-order valence-corrected chi connectivity index (χ1v) is 8.87. The van der Waals surface area contributed by atoms with Crippen LogP contribution in [0.25, 0.3) is 0 Å². The zero-order chi connectivity index (χ0) is 16.3. The van der Waals surface area contributed by atoms with Gasteiger partial charge in [-0.2, -0.15) is 0 Å². The molecule has 0 spiro atoms. The summed E-state index contributed by atoms with van der Waals surface area (Å²) in [6.07, 6.45) is 4.73. The molecular formula is C19H31N3O. The molecule has 0 aromatic heterocycles. The number of piperidine rings is 1. The van der Waals surface area contributed by atoms with Crippen molar-refractivity contribution in [3.63, 3.8) is 0 Å². The second-order valence-electron chi connectivity index (χ2n) is 6.39. The van der Waals surface area contributed by atoms with E-state index >= 15 is 0 Å². The van der Waals surface area contributed by atoms with Gasteiger partial charge in [0.05, 0.1) is 6.61 Å². The fourth-order valence-electron chi connectivity index (χ4n) is 2.85. The molecule has 0 amide bonds. The summed E-state index contributed by atoms with van der Waals surface area (Å²) in [5.74, 6) is 1.91. The maximum absolute atomic E-state index is 5.71. The van der Waals surface area contributed by atoms with Crippen molar-refractivity contribution in [2.75, 3.05) is 33.3 Å². The third kappa shape index (κ3) is 6.61. The molecule has 4 nitrogen and oxygen atoms in total. The van der Waals surface area contributed by atoms with Crippen molar-refractivity contribution in [3.8, 4) is 0 Å². The molecule has 0 unspecified atom stereocenters. The summed E-state index contributed by atoms with van der Waals surface area (Å²) >= 11 is 0. The van der Waals surface area contributed by atoms with Gasteiger partial charge in [-0.3, -0.25) is 4.99 Å². The Morgan fingerprint density at radius 1 is 1.22 bits per heavy atom. The van der Waals surface area contributed by atoms with Gasteiger partial charge in [0.25, 0.3) is 0 Å². The van der Waals surface area contributed by atoms with Gasteiger partial charge in [0.1, 0.15) is 0 Å². The van der Waals surface area contributed by atoms with Gasteiger partial charge >= 0.3 is 0 Å². The summed E-state index contributed by atoms with van der Waals surface area (Å²) in [4.78, 5) is 6.79. The lowest BCUT2D eigenvalue weighted by atomic mass is 10.00. The van der Waals surface area contributed by atoms with E-state index in [1.54, 1.807) is 0 Å². The normalized spacial score (nSPS) is 16.6. The number of hydrogen-bond donors (Lipinski definition) is 1. The van der Waals surface area contributed by atoms with Gasteiger partial charge in [0.15, 0.2) is 5.96 Å². The van der Waals surface area contributed by atoms with E-state index < -0.39 is 0 Å². The first-order valence-electron chi connectivity index (χ1n) is 8.87. The third-order valence-electron chi connectivity index (χ3n) is 4.41. The van der Waals surface area contributed by atoms with E-state index in [9.17, 15) is 0 Å². The van der Waals surface area contributed by atoms with Gasteiger partial charge in [-0.1, -0.05) is 37.3 Å². The number of ether oxygens (including phenoxy) is 1. The standard InChI is InChI=1S/C19H31N3O/c1-17-10-13-22(14-11-17)19(20-2)21-12-6-7-15-23-16-18-8-4-3-5-9-18/h3-5,8-9,17H,6-7,10-16H2,1-2H3,(H,20,21). The second kappa shape index (κ2) is 10.3. The van der Waals surface area contributed by atoms with Crippen molar-refractivity contribution in [1.29, 1.82) is 0 Å². The van der Waals surface area contributed by atoms with Crippen LogP contribution in [0.4, 0.5) is 0 Å². The molecule has 1 heterocycles. The van der Waals surface area contributed by atoms with Crippen LogP contribution in [0.3, 0.4) is 0 Å². The zero-order valence-corrected chi connectivity index (χ0v) is 14.6. The Labute approximate surface area is 140 Å². The largest absolute Gasteiger partial charge is 0.377 e. The van der Waals surface area contributed by atoms with Crippen LogP contribution < -0.4 is 5.32 Å². The maximum Gasteiger partial charge on any atom is 0.193 e. The Balaban J connectivity index is 1.52. The van der Waals surface area contributed by atoms with E-state index in [4.69, 9.17) is 4.74 Å². The van der Waals surface area contributed by atoms with E-state index in [1.165, 1.54) is 18.4 Å². The van der Waals surface area contributed by atoms with Gasteiger partial charge in [0.2, 0.25) is 0 Å². The molecule has 1 aromatic rings. The molecule has 0 aliphatic carbocycles. The number of nitrogens with zero attached hydrogens (tertiary/aromatic N) is 2. The Morgan fingerprint density at radius 3 is 2.65 bits per heavy atom. The summed E-state index contributed by atoms with van der Waals surface area (Å²) in [6, 6.07) is 10.3. The van der Waals surface area contributed by atoms with Gasteiger partial charge in [-0.05, 0) is 37.2 Å². The van der Waals surface area contributed by atoms with Crippen LogP contribution in [-0.4, -0.2) is 44.1 Å². The summed E-state index contributed by atoms with van der Waals surface area (Å²) in [6.45, 7) is 7.08. The van der Waals surface area contributed by atoms with Crippen molar-refractivity contribution >= 4 is 5.96 Å². The molecule has 0 atom stereocenters. The van der Waals surface area contributed by atoms with Crippen molar-refractivity contribution < 1.29 is 4.74 Å².